The number of carbonyl (C=O) groups excluding carboxylic acids is 1. The first-order valence-corrected chi connectivity index (χ1v) is 5.86. The monoisotopic (exact) mass is 250 g/mol. The van der Waals surface area contributed by atoms with E-state index >= 15 is 0 Å². The van der Waals surface area contributed by atoms with Gasteiger partial charge in [-0.25, -0.2) is 4.79 Å². The van der Waals surface area contributed by atoms with Gasteiger partial charge in [0.15, 0.2) is 0 Å². The van der Waals surface area contributed by atoms with E-state index in [1.807, 2.05) is 30.3 Å². The third-order valence-electron chi connectivity index (χ3n) is 2.98. The van der Waals surface area contributed by atoms with Crippen molar-refractivity contribution in [1.82, 2.24) is 0 Å². The van der Waals surface area contributed by atoms with Gasteiger partial charge in [-0.2, -0.15) is 0 Å². The zero-order valence-electron chi connectivity index (χ0n) is 10.00. The molecular weight excluding hydrogens is 240 g/mol. The Morgan fingerprint density at radius 1 is 0.947 bits per heavy atom. The van der Waals surface area contributed by atoms with Crippen molar-refractivity contribution in [3.8, 4) is 11.1 Å². The van der Waals surface area contributed by atoms with Gasteiger partial charge in [-0.3, -0.25) is 4.79 Å². The summed E-state index contributed by atoms with van der Waals surface area (Å²) < 4.78 is 5.28. The molecule has 1 heterocycles. The Morgan fingerprint density at radius 3 is 2.47 bits per heavy atom. The molecule has 2 aromatic carbocycles. The summed E-state index contributed by atoms with van der Waals surface area (Å²) in [6.45, 7) is 0. The van der Waals surface area contributed by atoms with Crippen LogP contribution in [0.25, 0.3) is 22.1 Å². The Bertz CT molecular complexity index is 801. The molecule has 0 saturated carbocycles. The predicted molar refractivity (Wildman–Crippen MR) is 73.3 cm³/mol. The van der Waals surface area contributed by atoms with E-state index in [2.05, 4.69) is 0 Å². The summed E-state index contributed by atoms with van der Waals surface area (Å²) in [5.74, 6) is 0. The maximum Gasteiger partial charge on any atom is 0.344 e. The molecule has 0 bridgehead atoms. The van der Waals surface area contributed by atoms with Crippen molar-refractivity contribution in [3.63, 3.8) is 0 Å². The quantitative estimate of drug-likeness (QED) is 0.518. The second-order valence-electron chi connectivity index (χ2n) is 4.23. The Balaban J connectivity index is 2.29. The smallest absolute Gasteiger partial charge is 0.344 e. The third kappa shape index (κ3) is 2.06. The van der Waals surface area contributed by atoms with Crippen molar-refractivity contribution in [2.24, 2.45) is 0 Å². The van der Waals surface area contributed by atoms with Gasteiger partial charge in [0.1, 0.15) is 11.9 Å². The topological polar surface area (TPSA) is 47.3 Å². The minimum Gasteiger partial charge on any atom is -0.422 e. The first kappa shape index (κ1) is 11.4. The SMILES string of the molecule is O=Cc1ccc2oc(=O)c(-c3ccccc3)cc2c1. The molecule has 0 amide bonds. The highest BCUT2D eigenvalue weighted by Crippen LogP contribution is 2.21. The van der Waals surface area contributed by atoms with E-state index in [1.165, 1.54) is 0 Å². The van der Waals surface area contributed by atoms with Gasteiger partial charge in [0, 0.05) is 10.9 Å². The lowest BCUT2D eigenvalue weighted by molar-refractivity contribution is 0.112. The van der Waals surface area contributed by atoms with Crippen LogP contribution in [0.3, 0.4) is 0 Å². The van der Waals surface area contributed by atoms with E-state index in [0.717, 1.165) is 17.2 Å². The fraction of sp³-hybridized carbons (Fsp3) is 0. The Kier molecular flexibility index (Phi) is 2.72. The molecule has 19 heavy (non-hydrogen) atoms. The van der Waals surface area contributed by atoms with E-state index in [9.17, 15) is 9.59 Å². The predicted octanol–water partition coefficient (Wildman–Crippen LogP) is 3.27. The van der Waals surface area contributed by atoms with Crippen LogP contribution in [-0.2, 0) is 0 Å². The molecule has 0 aliphatic carbocycles. The van der Waals surface area contributed by atoms with Crippen molar-refractivity contribution in [3.05, 3.63) is 70.6 Å². The number of benzene rings is 2. The average molecular weight is 250 g/mol. The van der Waals surface area contributed by atoms with Crippen LogP contribution in [0.2, 0.25) is 0 Å². The minimum atomic E-state index is -0.377. The second-order valence-corrected chi connectivity index (χ2v) is 4.23. The van der Waals surface area contributed by atoms with Crippen LogP contribution in [0.1, 0.15) is 10.4 Å². The lowest BCUT2D eigenvalue weighted by Crippen LogP contribution is -2.02. The van der Waals surface area contributed by atoms with Gasteiger partial charge in [-0.05, 0) is 29.8 Å². The maximum atomic E-state index is 12.0. The summed E-state index contributed by atoms with van der Waals surface area (Å²) in [7, 11) is 0. The van der Waals surface area contributed by atoms with Crippen molar-refractivity contribution < 1.29 is 9.21 Å². The van der Waals surface area contributed by atoms with Crippen LogP contribution in [0, 0.1) is 0 Å². The van der Waals surface area contributed by atoms with Crippen molar-refractivity contribution in [2.75, 3.05) is 0 Å². The number of hydrogen-bond donors (Lipinski definition) is 0. The van der Waals surface area contributed by atoms with Crippen molar-refractivity contribution in [1.29, 1.82) is 0 Å². The number of aldehydes is 1. The van der Waals surface area contributed by atoms with Crippen LogP contribution >= 0.6 is 0 Å². The molecule has 3 heteroatoms. The number of rotatable bonds is 2. The zero-order chi connectivity index (χ0) is 13.2. The highest BCUT2D eigenvalue weighted by Gasteiger charge is 2.07. The van der Waals surface area contributed by atoms with Crippen LogP contribution in [0.4, 0.5) is 0 Å². The molecule has 0 unspecified atom stereocenters. The van der Waals surface area contributed by atoms with Crippen LogP contribution in [0.15, 0.2) is 63.8 Å². The molecule has 0 fully saturated rings. The lowest BCUT2D eigenvalue weighted by Gasteiger charge is -2.02. The molecule has 3 nitrogen and oxygen atoms in total. The highest BCUT2D eigenvalue weighted by molar-refractivity contribution is 5.87. The summed E-state index contributed by atoms with van der Waals surface area (Å²) in [4.78, 5) is 22.7. The van der Waals surface area contributed by atoms with Gasteiger partial charge in [-0.1, -0.05) is 30.3 Å². The lowest BCUT2D eigenvalue weighted by atomic mass is 10.1. The van der Waals surface area contributed by atoms with E-state index < -0.39 is 0 Å². The van der Waals surface area contributed by atoms with Gasteiger partial charge < -0.3 is 4.42 Å². The Hall–Kier alpha value is -2.68. The van der Waals surface area contributed by atoms with Crippen LogP contribution in [0.5, 0.6) is 0 Å². The molecule has 0 radical (unpaired) electrons. The normalized spacial score (nSPS) is 10.5. The summed E-state index contributed by atoms with van der Waals surface area (Å²) in [6.07, 6.45) is 0.771. The van der Waals surface area contributed by atoms with E-state index in [-0.39, 0.29) is 5.63 Å². The molecule has 0 N–H and O–H groups in total. The van der Waals surface area contributed by atoms with Gasteiger partial charge in [0.05, 0.1) is 5.56 Å². The fourth-order valence-electron chi connectivity index (χ4n) is 2.03. The van der Waals surface area contributed by atoms with Gasteiger partial charge in [0.2, 0.25) is 0 Å². The van der Waals surface area contributed by atoms with E-state index in [4.69, 9.17) is 4.42 Å². The summed E-state index contributed by atoms with van der Waals surface area (Å²) in [6, 6.07) is 16.0. The summed E-state index contributed by atoms with van der Waals surface area (Å²) >= 11 is 0. The molecule has 0 atom stereocenters. The average Bonchev–Trinajstić information content (AvgIpc) is 2.47. The van der Waals surface area contributed by atoms with Gasteiger partial charge in [-0.15, -0.1) is 0 Å². The standard InChI is InChI=1S/C16H10O3/c17-10-11-6-7-15-13(8-11)9-14(16(18)19-15)12-4-2-1-3-5-12/h1-10H. The number of carbonyl (C=O) groups is 1. The third-order valence-corrected chi connectivity index (χ3v) is 2.98. The summed E-state index contributed by atoms with van der Waals surface area (Å²) in [5.41, 5.74) is 1.96. The first-order valence-electron chi connectivity index (χ1n) is 5.86. The number of fused-ring (bicyclic) bond motifs is 1. The van der Waals surface area contributed by atoms with Gasteiger partial charge >= 0.3 is 5.63 Å². The Morgan fingerprint density at radius 2 is 1.74 bits per heavy atom. The van der Waals surface area contributed by atoms with Crippen LogP contribution < -0.4 is 5.63 Å². The second kappa shape index (κ2) is 4.53. The van der Waals surface area contributed by atoms with Gasteiger partial charge in [0.25, 0.3) is 0 Å². The molecule has 92 valence electrons. The highest BCUT2D eigenvalue weighted by atomic mass is 16.4. The molecular formula is C16H10O3. The molecule has 0 aliphatic heterocycles. The van der Waals surface area contributed by atoms with Crippen LogP contribution in [-0.4, -0.2) is 6.29 Å². The summed E-state index contributed by atoms with van der Waals surface area (Å²) in [5, 5.41) is 0.739. The van der Waals surface area contributed by atoms with Crippen molar-refractivity contribution >= 4 is 17.3 Å². The fourth-order valence-corrected chi connectivity index (χ4v) is 2.03. The first-order chi connectivity index (χ1) is 9.28. The zero-order valence-corrected chi connectivity index (χ0v) is 10.00. The number of hydrogen-bond acceptors (Lipinski definition) is 3. The van der Waals surface area contributed by atoms with E-state index in [1.54, 1.807) is 24.3 Å². The minimum absolute atomic E-state index is 0.377. The molecule has 0 aliphatic rings. The molecule has 3 aromatic rings. The molecule has 3 rings (SSSR count). The van der Waals surface area contributed by atoms with Crippen molar-refractivity contribution in [2.45, 2.75) is 0 Å². The molecule has 1 aromatic heterocycles. The Labute approximate surface area is 109 Å². The van der Waals surface area contributed by atoms with E-state index in [0.29, 0.717) is 16.7 Å². The molecule has 0 spiro atoms. The largest absolute Gasteiger partial charge is 0.422 e. The molecule has 0 saturated heterocycles. The maximum absolute atomic E-state index is 12.0.